The molecule has 1 heterocycles. The lowest BCUT2D eigenvalue weighted by Gasteiger charge is -2.03. The lowest BCUT2D eigenvalue weighted by atomic mass is 10.3. The first kappa shape index (κ1) is 9.44. The van der Waals surface area contributed by atoms with Gasteiger partial charge in [-0.05, 0) is 6.92 Å². The van der Waals surface area contributed by atoms with E-state index < -0.39 is 0 Å². The molecule has 1 aromatic rings. The largest absolute Gasteiger partial charge is 0.467 e. The predicted octanol–water partition coefficient (Wildman–Crippen LogP) is 0.0827. The molecule has 0 fully saturated rings. The summed E-state index contributed by atoms with van der Waals surface area (Å²) in [5.74, 6) is 0.389. The van der Waals surface area contributed by atoms with Gasteiger partial charge in [0.15, 0.2) is 0 Å². The molecule has 1 aromatic heterocycles. The second-order valence-corrected chi connectivity index (χ2v) is 2.56. The lowest BCUT2D eigenvalue weighted by Crippen LogP contribution is -2.06. The Morgan fingerprint density at radius 3 is 3.15 bits per heavy atom. The van der Waals surface area contributed by atoms with E-state index in [1.165, 1.54) is 0 Å². The minimum atomic E-state index is 0.284. The van der Waals surface area contributed by atoms with Crippen LogP contribution in [-0.4, -0.2) is 23.0 Å². The van der Waals surface area contributed by atoms with E-state index in [-0.39, 0.29) is 6.61 Å². The quantitative estimate of drug-likeness (QED) is 0.525. The normalized spacial score (nSPS) is 9.62. The average molecular weight is 181 g/mol. The highest BCUT2D eigenvalue weighted by Gasteiger charge is 2.02. The first-order valence-corrected chi connectivity index (χ1v) is 3.87. The van der Waals surface area contributed by atoms with Crippen molar-refractivity contribution in [2.24, 2.45) is 0 Å². The first-order chi connectivity index (χ1) is 6.24. The fraction of sp³-hybridized carbons (Fsp3) is 0.375. The third-order valence-corrected chi connectivity index (χ3v) is 1.52. The molecular formula is C8H11N3O2. The molecule has 0 aromatic carbocycles. The number of carbonyl (C=O) groups excluding carboxylic acids is 1. The number of hydrogen-bond acceptors (Lipinski definition) is 5. The van der Waals surface area contributed by atoms with Crippen LogP contribution in [0.2, 0.25) is 0 Å². The zero-order valence-electron chi connectivity index (χ0n) is 7.36. The fourth-order valence-corrected chi connectivity index (χ4v) is 0.924. The van der Waals surface area contributed by atoms with E-state index in [0.29, 0.717) is 24.4 Å². The molecule has 0 bridgehead atoms. The number of ether oxygens (including phenoxy) is 1. The number of anilines is 1. The van der Waals surface area contributed by atoms with Gasteiger partial charge in [-0.25, -0.2) is 4.98 Å². The van der Waals surface area contributed by atoms with Crippen LogP contribution in [0.1, 0.15) is 11.4 Å². The molecule has 5 heteroatoms. The van der Waals surface area contributed by atoms with Crippen molar-refractivity contribution in [3.63, 3.8) is 0 Å². The second kappa shape index (κ2) is 4.39. The molecule has 0 amide bonds. The highest BCUT2D eigenvalue weighted by Crippen LogP contribution is 2.05. The van der Waals surface area contributed by atoms with Crippen molar-refractivity contribution < 1.29 is 9.53 Å². The Hall–Kier alpha value is -1.65. The van der Waals surface area contributed by atoms with Crippen LogP contribution in [0.3, 0.4) is 0 Å². The number of aromatic nitrogens is 2. The van der Waals surface area contributed by atoms with Crippen molar-refractivity contribution in [2.45, 2.75) is 13.3 Å². The van der Waals surface area contributed by atoms with Crippen LogP contribution in [-0.2, 0) is 16.0 Å². The van der Waals surface area contributed by atoms with E-state index in [0.717, 1.165) is 5.69 Å². The Labute approximate surface area is 75.9 Å². The van der Waals surface area contributed by atoms with Crippen molar-refractivity contribution >= 4 is 12.3 Å². The van der Waals surface area contributed by atoms with Crippen molar-refractivity contribution in [1.29, 1.82) is 0 Å². The van der Waals surface area contributed by atoms with Crippen LogP contribution in [0.15, 0.2) is 6.20 Å². The molecule has 0 saturated carbocycles. The smallest absolute Gasteiger partial charge is 0.293 e. The predicted molar refractivity (Wildman–Crippen MR) is 46.9 cm³/mol. The monoisotopic (exact) mass is 181 g/mol. The Bertz CT molecular complexity index is 301. The number of nitrogens with two attached hydrogens (primary N) is 1. The number of nitrogens with zero attached hydrogens (tertiary/aromatic N) is 2. The maximum atomic E-state index is 9.86. The van der Waals surface area contributed by atoms with Gasteiger partial charge in [0.05, 0.1) is 24.2 Å². The third kappa shape index (κ3) is 2.70. The van der Waals surface area contributed by atoms with Crippen molar-refractivity contribution in [3.8, 4) is 0 Å². The summed E-state index contributed by atoms with van der Waals surface area (Å²) in [7, 11) is 0. The molecule has 2 N–H and O–H groups in total. The van der Waals surface area contributed by atoms with Gasteiger partial charge in [0, 0.05) is 6.42 Å². The van der Waals surface area contributed by atoms with Crippen LogP contribution in [0.5, 0.6) is 0 Å². The topological polar surface area (TPSA) is 78.1 Å². The van der Waals surface area contributed by atoms with Crippen LogP contribution in [0.25, 0.3) is 0 Å². The van der Waals surface area contributed by atoms with Gasteiger partial charge >= 0.3 is 0 Å². The molecule has 0 aliphatic heterocycles. The van der Waals surface area contributed by atoms with E-state index in [2.05, 4.69) is 14.7 Å². The van der Waals surface area contributed by atoms with Gasteiger partial charge < -0.3 is 10.5 Å². The summed E-state index contributed by atoms with van der Waals surface area (Å²) in [6.45, 7) is 2.52. The standard InChI is InChI=1S/C8H11N3O2/c1-6-4-10-8(9)7(11-6)2-3-13-5-12/h4-5H,2-3H2,1H3,(H2,9,10). The summed E-state index contributed by atoms with van der Waals surface area (Å²) in [6.07, 6.45) is 2.10. The van der Waals surface area contributed by atoms with Crippen LogP contribution < -0.4 is 5.73 Å². The van der Waals surface area contributed by atoms with Gasteiger partial charge in [-0.3, -0.25) is 9.78 Å². The number of aryl methyl sites for hydroxylation is 1. The van der Waals surface area contributed by atoms with Gasteiger partial charge in [0.25, 0.3) is 6.47 Å². The SMILES string of the molecule is Cc1cnc(N)c(CCOC=O)n1. The molecule has 0 aliphatic carbocycles. The van der Waals surface area contributed by atoms with E-state index >= 15 is 0 Å². The highest BCUT2D eigenvalue weighted by atomic mass is 16.5. The molecule has 13 heavy (non-hydrogen) atoms. The minimum Gasteiger partial charge on any atom is -0.467 e. The fourth-order valence-electron chi connectivity index (χ4n) is 0.924. The van der Waals surface area contributed by atoms with Crippen molar-refractivity contribution in [2.75, 3.05) is 12.3 Å². The summed E-state index contributed by atoms with van der Waals surface area (Å²) in [5.41, 5.74) is 7.02. The molecular weight excluding hydrogens is 170 g/mol. The molecule has 0 aliphatic rings. The summed E-state index contributed by atoms with van der Waals surface area (Å²) in [4.78, 5) is 17.9. The Balaban J connectivity index is 2.64. The van der Waals surface area contributed by atoms with Gasteiger partial charge in [0.2, 0.25) is 0 Å². The van der Waals surface area contributed by atoms with Gasteiger partial charge in [-0.1, -0.05) is 0 Å². The van der Waals surface area contributed by atoms with E-state index in [1.54, 1.807) is 6.20 Å². The number of rotatable bonds is 4. The lowest BCUT2D eigenvalue weighted by molar-refractivity contribution is -0.128. The first-order valence-electron chi connectivity index (χ1n) is 3.87. The molecule has 0 atom stereocenters. The van der Waals surface area contributed by atoms with Crippen LogP contribution in [0.4, 0.5) is 5.82 Å². The molecule has 1 rings (SSSR count). The zero-order valence-corrected chi connectivity index (χ0v) is 7.36. The summed E-state index contributed by atoms with van der Waals surface area (Å²) >= 11 is 0. The number of carbonyl (C=O) groups is 1. The van der Waals surface area contributed by atoms with Crippen LogP contribution in [0, 0.1) is 6.92 Å². The second-order valence-electron chi connectivity index (χ2n) is 2.56. The number of nitrogen functional groups attached to an aromatic ring is 1. The Kier molecular flexibility index (Phi) is 3.19. The van der Waals surface area contributed by atoms with Crippen molar-refractivity contribution in [1.82, 2.24) is 9.97 Å². The Morgan fingerprint density at radius 1 is 1.69 bits per heavy atom. The maximum Gasteiger partial charge on any atom is 0.293 e. The summed E-state index contributed by atoms with van der Waals surface area (Å²) < 4.78 is 4.53. The maximum absolute atomic E-state index is 9.86. The minimum absolute atomic E-state index is 0.284. The van der Waals surface area contributed by atoms with Gasteiger partial charge in [-0.2, -0.15) is 0 Å². The third-order valence-electron chi connectivity index (χ3n) is 1.52. The highest BCUT2D eigenvalue weighted by molar-refractivity contribution is 5.38. The van der Waals surface area contributed by atoms with E-state index in [1.807, 2.05) is 6.92 Å². The van der Waals surface area contributed by atoms with Crippen LogP contribution >= 0.6 is 0 Å². The van der Waals surface area contributed by atoms with E-state index in [9.17, 15) is 4.79 Å². The summed E-state index contributed by atoms with van der Waals surface area (Å²) in [6, 6.07) is 0. The molecule has 0 radical (unpaired) electrons. The van der Waals surface area contributed by atoms with E-state index in [4.69, 9.17) is 5.73 Å². The van der Waals surface area contributed by atoms with Crippen molar-refractivity contribution in [3.05, 3.63) is 17.6 Å². The zero-order chi connectivity index (χ0) is 9.68. The molecule has 5 nitrogen and oxygen atoms in total. The molecule has 0 saturated heterocycles. The molecule has 70 valence electrons. The van der Waals surface area contributed by atoms with Gasteiger partial charge in [-0.15, -0.1) is 0 Å². The molecule has 0 unspecified atom stereocenters. The Morgan fingerprint density at radius 2 is 2.46 bits per heavy atom. The van der Waals surface area contributed by atoms with Gasteiger partial charge in [0.1, 0.15) is 5.82 Å². The summed E-state index contributed by atoms with van der Waals surface area (Å²) in [5, 5.41) is 0. The average Bonchev–Trinajstić information content (AvgIpc) is 2.11. The number of hydrogen-bond donors (Lipinski definition) is 1. The molecule has 0 spiro atoms.